The SMILES string of the molecule is COc1ccc(C(=O)Nc2onc3c2C[C@@H](C)CC3)cc1. The number of nitrogens with one attached hydrogen (secondary N) is 1. The number of aryl methyl sites for hydroxylation is 1. The van der Waals surface area contributed by atoms with E-state index in [-0.39, 0.29) is 5.91 Å². The summed E-state index contributed by atoms with van der Waals surface area (Å²) in [4.78, 5) is 12.2. The van der Waals surface area contributed by atoms with Crippen molar-refractivity contribution in [3.63, 3.8) is 0 Å². The Labute approximate surface area is 123 Å². The maximum absolute atomic E-state index is 12.2. The molecule has 1 amide bonds. The monoisotopic (exact) mass is 286 g/mol. The van der Waals surface area contributed by atoms with Crippen LogP contribution in [0.3, 0.4) is 0 Å². The Balaban J connectivity index is 1.77. The molecular formula is C16H18N2O3. The molecule has 5 heteroatoms. The highest BCUT2D eigenvalue weighted by molar-refractivity contribution is 6.03. The number of rotatable bonds is 3. The highest BCUT2D eigenvalue weighted by Crippen LogP contribution is 2.30. The molecule has 3 rings (SSSR count). The standard InChI is InChI=1S/C16H18N2O3/c1-10-3-8-14-13(9-10)16(21-18-14)17-15(19)11-4-6-12(20-2)7-5-11/h4-7,10H,3,8-9H2,1-2H3,(H,17,19)/t10-/m0/s1. The molecule has 1 heterocycles. The largest absolute Gasteiger partial charge is 0.497 e. The van der Waals surface area contributed by atoms with E-state index in [9.17, 15) is 4.79 Å². The molecular weight excluding hydrogens is 268 g/mol. The fraction of sp³-hybridized carbons (Fsp3) is 0.375. The van der Waals surface area contributed by atoms with Gasteiger partial charge in [-0.25, -0.2) is 0 Å². The van der Waals surface area contributed by atoms with Crippen LogP contribution in [0.25, 0.3) is 0 Å². The predicted molar refractivity (Wildman–Crippen MR) is 78.6 cm³/mol. The number of aromatic nitrogens is 1. The second kappa shape index (κ2) is 5.60. The molecule has 0 spiro atoms. The van der Waals surface area contributed by atoms with Gasteiger partial charge in [0.05, 0.1) is 12.8 Å². The summed E-state index contributed by atoms with van der Waals surface area (Å²) in [6, 6.07) is 6.96. The molecule has 21 heavy (non-hydrogen) atoms. The van der Waals surface area contributed by atoms with Gasteiger partial charge in [-0.3, -0.25) is 10.1 Å². The van der Waals surface area contributed by atoms with E-state index in [1.807, 2.05) is 0 Å². The number of benzene rings is 1. The van der Waals surface area contributed by atoms with E-state index in [4.69, 9.17) is 9.26 Å². The van der Waals surface area contributed by atoms with Gasteiger partial charge in [-0.1, -0.05) is 12.1 Å². The minimum atomic E-state index is -0.199. The van der Waals surface area contributed by atoms with E-state index in [0.717, 1.165) is 36.3 Å². The summed E-state index contributed by atoms with van der Waals surface area (Å²) in [5.41, 5.74) is 2.57. The van der Waals surface area contributed by atoms with Crippen molar-refractivity contribution in [2.75, 3.05) is 12.4 Å². The minimum absolute atomic E-state index is 0.199. The van der Waals surface area contributed by atoms with Gasteiger partial charge in [0.15, 0.2) is 0 Å². The number of carbonyl (C=O) groups is 1. The Hall–Kier alpha value is -2.30. The van der Waals surface area contributed by atoms with Gasteiger partial charge < -0.3 is 9.26 Å². The zero-order chi connectivity index (χ0) is 14.8. The van der Waals surface area contributed by atoms with E-state index >= 15 is 0 Å². The van der Waals surface area contributed by atoms with Gasteiger partial charge in [0.25, 0.3) is 5.91 Å². The zero-order valence-electron chi connectivity index (χ0n) is 12.2. The van der Waals surface area contributed by atoms with Crippen molar-refractivity contribution in [2.24, 2.45) is 5.92 Å². The van der Waals surface area contributed by atoms with Crippen LogP contribution in [0.4, 0.5) is 5.88 Å². The van der Waals surface area contributed by atoms with Gasteiger partial charge in [-0.05, 0) is 49.4 Å². The quantitative estimate of drug-likeness (QED) is 0.941. The lowest BCUT2D eigenvalue weighted by Crippen LogP contribution is -2.15. The summed E-state index contributed by atoms with van der Waals surface area (Å²) in [7, 11) is 1.59. The Kier molecular flexibility index (Phi) is 3.64. The van der Waals surface area contributed by atoms with Crippen LogP contribution in [0.2, 0.25) is 0 Å². The van der Waals surface area contributed by atoms with E-state index < -0.39 is 0 Å². The zero-order valence-corrected chi connectivity index (χ0v) is 12.2. The van der Waals surface area contributed by atoms with E-state index in [2.05, 4.69) is 17.4 Å². The number of fused-ring (bicyclic) bond motifs is 1. The van der Waals surface area contributed by atoms with Crippen LogP contribution in [0.5, 0.6) is 5.75 Å². The molecule has 0 saturated heterocycles. The van der Waals surface area contributed by atoms with E-state index in [0.29, 0.717) is 17.4 Å². The fourth-order valence-corrected chi connectivity index (χ4v) is 2.60. The van der Waals surface area contributed by atoms with Crippen LogP contribution in [-0.2, 0) is 12.8 Å². The van der Waals surface area contributed by atoms with Gasteiger partial charge in [0.1, 0.15) is 5.75 Å². The fourth-order valence-electron chi connectivity index (χ4n) is 2.60. The van der Waals surface area contributed by atoms with Gasteiger partial charge in [-0.2, -0.15) is 0 Å². The summed E-state index contributed by atoms with van der Waals surface area (Å²) in [5.74, 6) is 1.60. The Morgan fingerprint density at radius 3 is 2.86 bits per heavy atom. The number of nitrogens with zero attached hydrogens (tertiary/aromatic N) is 1. The molecule has 1 aliphatic rings. The third kappa shape index (κ3) is 2.77. The number of methoxy groups -OCH3 is 1. The summed E-state index contributed by atoms with van der Waals surface area (Å²) in [6.07, 6.45) is 2.93. The highest BCUT2D eigenvalue weighted by atomic mass is 16.5. The van der Waals surface area contributed by atoms with Crippen LogP contribution in [0.15, 0.2) is 28.8 Å². The van der Waals surface area contributed by atoms with Crippen molar-refractivity contribution < 1.29 is 14.1 Å². The topological polar surface area (TPSA) is 64.4 Å². The molecule has 1 aliphatic carbocycles. The van der Waals surface area contributed by atoms with Crippen molar-refractivity contribution in [1.29, 1.82) is 0 Å². The molecule has 1 aromatic heterocycles. The van der Waals surface area contributed by atoms with E-state index in [1.165, 1.54) is 0 Å². The number of hydrogen-bond donors (Lipinski definition) is 1. The first-order chi connectivity index (χ1) is 10.2. The van der Waals surface area contributed by atoms with Crippen LogP contribution < -0.4 is 10.1 Å². The lowest BCUT2D eigenvalue weighted by atomic mass is 9.89. The molecule has 1 aromatic carbocycles. The molecule has 1 atom stereocenters. The first-order valence-electron chi connectivity index (χ1n) is 7.10. The number of ether oxygens (including phenoxy) is 1. The first-order valence-corrected chi connectivity index (χ1v) is 7.10. The molecule has 0 unspecified atom stereocenters. The molecule has 0 fully saturated rings. The maximum atomic E-state index is 12.2. The number of anilines is 1. The molecule has 2 aromatic rings. The molecule has 0 bridgehead atoms. The molecule has 0 aliphatic heterocycles. The van der Waals surface area contributed by atoms with Gasteiger partial charge >= 0.3 is 0 Å². The predicted octanol–water partition coefficient (Wildman–Crippen LogP) is 3.06. The highest BCUT2D eigenvalue weighted by Gasteiger charge is 2.24. The third-order valence-corrected chi connectivity index (χ3v) is 3.88. The van der Waals surface area contributed by atoms with Gasteiger partial charge in [-0.15, -0.1) is 0 Å². The van der Waals surface area contributed by atoms with E-state index in [1.54, 1.807) is 31.4 Å². The first kappa shape index (κ1) is 13.7. The Morgan fingerprint density at radius 1 is 1.38 bits per heavy atom. The average Bonchev–Trinajstić information content (AvgIpc) is 2.89. The van der Waals surface area contributed by atoms with Crippen LogP contribution in [0, 0.1) is 5.92 Å². The van der Waals surface area contributed by atoms with Crippen LogP contribution >= 0.6 is 0 Å². The maximum Gasteiger partial charge on any atom is 0.258 e. The number of carbonyl (C=O) groups excluding carboxylic acids is 1. The molecule has 0 saturated carbocycles. The number of hydrogen-bond acceptors (Lipinski definition) is 4. The lowest BCUT2D eigenvalue weighted by molar-refractivity contribution is 0.102. The Morgan fingerprint density at radius 2 is 2.14 bits per heavy atom. The van der Waals surface area contributed by atoms with Gasteiger partial charge in [0.2, 0.25) is 5.88 Å². The van der Waals surface area contributed by atoms with Crippen molar-refractivity contribution in [1.82, 2.24) is 5.16 Å². The van der Waals surface area contributed by atoms with Crippen LogP contribution in [-0.4, -0.2) is 18.2 Å². The van der Waals surface area contributed by atoms with Crippen molar-refractivity contribution >= 4 is 11.8 Å². The third-order valence-electron chi connectivity index (χ3n) is 3.88. The molecule has 1 N–H and O–H groups in total. The van der Waals surface area contributed by atoms with Crippen LogP contribution in [0.1, 0.15) is 35.0 Å². The van der Waals surface area contributed by atoms with Crippen molar-refractivity contribution in [2.45, 2.75) is 26.2 Å². The van der Waals surface area contributed by atoms with Crippen molar-refractivity contribution in [3.8, 4) is 5.75 Å². The molecule has 5 nitrogen and oxygen atoms in total. The van der Waals surface area contributed by atoms with Gasteiger partial charge in [0, 0.05) is 11.1 Å². The minimum Gasteiger partial charge on any atom is -0.497 e. The summed E-state index contributed by atoms with van der Waals surface area (Å²) >= 11 is 0. The molecule has 110 valence electrons. The summed E-state index contributed by atoms with van der Waals surface area (Å²) in [5, 5.41) is 6.87. The second-order valence-electron chi connectivity index (χ2n) is 5.47. The smallest absolute Gasteiger partial charge is 0.258 e. The average molecular weight is 286 g/mol. The normalized spacial score (nSPS) is 17.1. The number of amides is 1. The van der Waals surface area contributed by atoms with Crippen molar-refractivity contribution in [3.05, 3.63) is 41.1 Å². The lowest BCUT2D eigenvalue weighted by Gasteiger charge is -2.16. The second-order valence-corrected chi connectivity index (χ2v) is 5.47. The summed E-state index contributed by atoms with van der Waals surface area (Å²) < 4.78 is 10.4. The molecule has 0 radical (unpaired) electrons. The summed E-state index contributed by atoms with van der Waals surface area (Å²) in [6.45, 7) is 2.20. The Bertz CT molecular complexity index is 646.